The van der Waals surface area contributed by atoms with E-state index in [1.165, 1.54) is 0 Å². The summed E-state index contributed by atoms with van der Waals surface area (Å²) in [5.74, 6) is 0.403. The molecule has 0 aliphatic rings. The van der Waals surface area contributed by atoms with Crippen LogP contribution < -0.4 is 5.32 Å². The second-order valence-electron chi connectivity index (χ2n) is 7.20. The molecule has 0 radical (unpaired) electrons. The molecule has 4 nitrogen and oxygen atoms in total. The number of nitrogens with one attached hydrogen (secondary N) is 1. The van der Waals surface area contributed by atoms with E-state index in [-0.39, 0.29) is 17.9 Å². The standard InChI is InChI=1S/C23H28Cl2N2O2S/c1-4-16(2)26-23(29)17(3)27(15-18-6-5-7-20(25)14-18)22(28)12-13-30-21-10-8-19(24)9-11-21/h5-11,14,16-17H,4,12-13,15H2,1-3H3,(H,26,29)/t16-,17+/m0/s1. The average molecular weight is 467 g/mol. The molecular weight excluding hydrogens is 439 g/mol. The maximum Gasteiger partial charge on any atom is 0.242 e. The number of carbonyl (C=O) groups is 2. The molecule has 2 atom stereocenters. The van der Waals surface area contributed by atoms with Gasteiger partial charge < -0.3 is 10.2 Å². The molecule has 0 aliphatic heterocycles. The summed E-state index contributed by atoms with van der Waals surface area (Å²) in [6.45, 7) is 6.07. The van der Waals surface area contributed by atoms with Crippen molar-refractivity contribution in [2.45, 2.75) is 57.1 Å². The Morgan fingerprint density at radius 2 is 1.77 bits per heavy atom. The van der Waals surface area contributed by atoms with E-state index < -0.39 is 6.04 Å². The number of benzene rings is 2. The van der Waals surface area contributed by atoms with E-state index in [1.54, 1.807) is 29.7 Å². The molecule has 0 unspecified atom stereocenters. The molecule has 1 N–H and O–H groups in total. The second kappa shape index (κ2) is 12.2. The van der Waals surface area contributed by atoms with Crippen molar-refractivity contribution in [3.63, 3.8) is 0 Å². The summed E-state index contributed by atoms with van der Waals surface area (Å²) in [5, 5.41) is 4.26. The van der Waals surface area contributed by atoms with Gasteiger partial charge in [-0.15, -0.1) is 11.8 Å². The van der Waals surface area contributed by atoms with Gasteiger partial charge in [-0.05, 0) is 62.2 Å². The van der Waals surface area contributed by atoms with Crippen LogP contribution in [0.15, 0.2) is 53.4 Å². The molecule has 0 bridgehead atoms. The Labute approximate surface area is 193 Å². The van der Waals surface area contributed by atoms with Gasteiger partial charge in [0.2, 0.25) is 11.8 Å². The van der Waals surface area contributed by atoms with Crippen molar-refractivity contribution < 1.29 is 9.59 Å². The molecule has 0 aliphatic carbocycles. The lowest BCUT2D eigenvalue weighted by Gasteiger charge is -2.29. The fraction of sp³-hybridized carbons (Fsp3) is 0.391. The highest BCUT2D eigenvalue weighted by atomic mass is 35.5. The Hall–Kier alpha value is -1.69. The molecule has 0 heterocycles. The molecule has 2 rings (SSSR count). The minimum absolute atomic E-state index is 0.0588. The van der Waals surface area contributed by atoms with Crippen molar-refractivity contribution >= 4 is 46.8 Å². The molecule has 0 aromatic heterocycles. The first-order valence-corrected chi connectivity index (χ1v) is 11.8. The van der Waals surface area contributed by atoms with Gasteiger partial charge in [0.15, 0.2) is 0 Å². The van der Waals surface area contributed by atoms with E-state index in [0.717, 1.165) is 16.9 Å². The minimum Gasteiger partial charge on any atom is -0.352 e. The van der Waals surface area contributed by atoms with Crippen LogP contribution in [0.4, 0.5) is 0 Å². The number of thioether (sulfide) groups is 1. The van der Waals surface area contributed by atoms with Gasteiger partial charge in [0.25, 0.3) is 0 Å². The molecule has 0 fully saturated rings. The summed E-state index contributed by atoms with van der Waals surface area (Å²) < 4.78 is 0. The summed E-state index contributed by atoms with van der Waals surface area (Å²) in [6, 6.07) is 14.4. The zero-order valence-electron chi connectivity index (χ0n) is 17.5. The predicted octanol–water partition coefficient (Wildman–Crippen LogP) is 5.81. The van der Waals surface area contributed by atoms with Crippen LogP contribution in [0.3, 0.4) is 0 Å². The first kappa shape index (κ1) is 24.6. The molecule has 2 aromatic rings. The largest absolute Gasteiger partial charge is 0.352 e. The Bertz CT molecular complexity index is 845. The molecule has 2 aromatic carbocycles. The van der Waals surface area contributed by atoms with E-state index in [9.17, 15) is 9.59 Å². The number of halogens is 2. The van der Waals surface area contributed by atoms with Gasteiger partial charge in [0, 0.05) is 39.7 Å². The van der Waals surface area contributed by atoms with Crippen molar-refractivity contribution in [2.24, 2.45) is 0 Å². The lowest BCUT2D eigenvalue weighted by Crippen LogP contribution is -2.49. The van der Waals surface area contributed by atoms with E-state index in [1.807, 2.05) is 56.3 Å². The normalized spacial score (nSPS) is 12.8. The third-order valence-electron chi connectivity index (χ3n) is 4.81. The monoisotopic (exact) mass is 466 g/mol. The highest BCUT2D eigenvalue weighted by Gasteiger charge is 2.26. The third kappa shape index (κ3) is 7.86. The number of hydrogen-bond acceptors (Lipinski definition) is 3. The third-order valence-corrected chi connectivity index (χ3v) is 6.31. The van der Waals surface area contributed by atoms with Crippen LogP contribution in [-0.4, -0.2) is 34.6 Å². The minimum atomic E-state index is -0.578. The highest BCUT2D eigenvalue weighted by molar-refractivity contribution is 7.99. The second-order valence-corrected chi connectivity index (χ2v) is 9.24. The Kier molecular flexibility index (Phi) is 10.0. The number of hydrogen-bond donors (Lipinski definition) is 1. The van der Waals surface area contributed by atoms with Crippen LogP contribution >= 0.6 is 35.0 Å². The van der Waals surface area contributed by atoms with E-state index in [4.69, 9.17) is 23.2 Å². The summed E-state index contributed by atoms with van der Waals surface area (Å²) in [5.41, 5.74) is 0.893. The SMILES string of the molecule is CC[C@H](C)NC(=O)[C@@H](C)N(Cc1cccc(Cl)c1)C(=O)CCSc1ccc(Cl)cc1. The van der Waals surface area contributed by atoms with Crippen molar-refractivity contribution in [3.8, 4) is 0 Å². The molecule has 30 heavy (non-hydrogen) atoms. The smallest absolute Gasteiger partial charge is 0.242 e. The first-order chi connectivity index (χ1) is 14.3. The summed E-state index contributed by atoms with van der Waals surface area (Å²) in [7, 11) is 0. The molecule has 0 saturated carbocycles. The molecule has 162 valence electrons. The molecule has 0 saturated heterocycles. The lowest BCUT2D eigenvalue weighted by molar-refractivity contribution is -0.140. The zero-order valence-corrected chi connectivity index (χ0v) is 19.9. The highest BCUT2D eigenvalue weighted by Crippen LogP contribution is 2.22. The van der Waals surface area contributed by atoms with Gasteiger partial charge in [0.1, 0.15) is 6.04 Å². The summed E-state index contributed by atoms with van der Waals surface area (Å²) >= 11 is 13.6. The van der Waals surface area contributed by atoms with Gasteiger partial charge in [-0.1, -0.05) is 42.3 Å². The van der Waals surface area contributed by atoms with Crippen molar-refractivity contribution in [2.75, 3.05) is 5.75 Å². The van der Waals surface area contributed by atoms with Crippen molar-refractivity contribution in [1.82, 2.24) is 10.2 Å². The number of rotatable bonds is 10. The zero-order chi connectivity index (χ0) is 22.1. The first-order valence-electron chi connectivity index (χ1n) is 10.0. The molecule has 7 heteroatoms. The van der Waals surface area contributed by atoms with Crippen LogP contribution in [-0.2, 0) is 16.1 Å². The Balaban J connectivity index is 2.07. The van der Waals surface area contributed by atoms with Gasteiger partial charge in [-0.25, -0.2) is 0 Å². The number of nitrogens with zero attached hydrogens (tertiary/aromatic N) is 1. The Morgan fingerprint density at radius 3 is 2.40 bits per heavy atom. The predicted molar refractivity (Wildman–Crippen MR) is 126 cm³/mol. The molecule has 0 spiro atoms. The molecular formula is C23H28Cl2N2O2S. The van der Waals surface area contributed by atoms with Crippen molar-refractivity contribution in [3.05, 3.63) is 64.1 Å². The molecule has 2 amide bonds. The van der Waals surface area contributed by atoms with Crippen LogP contribution in [0.25, 0.3) is 0 Å². The van der Waals surface area contributed by atoms with Crippen LogP contribution in [0.2, 0.25) is 10.0 Å². The topological polar surface area (TPSA) is 49.4 Å². The number of carbonyl (C=O) groups excluding carboxylic acids is 2. The average Bonchev–Trinajstić information content (AvgIpc) is 2.72. The maximum atomic E-state index is 13.1. The fourth-order valence-corrected chi connectivity index (χ4v) is 3.99. The quantitative estimate of drug-likeness (QED) is 0.449. The summed E-state index contributed by atoms with van der Waals surface area (Å²) in [6.07, 6.45) is 1.16. The van der Waals surface area contributed by atoms with E-state index >= 15 is 0 Å². The van der Waals surface area contributed by atoms with E-state index in [0.29, 0.717) is 28.8 Å². The van der Waals surface area contributed by atoms with Gasteiger partial charge in [0.05, 0.1) is 0 Å². The van der Waals surface area contributed by atoms with Gasteiger partial charge >= 0.3 is 0 Å². The van der Waals surface area contributed by atoms with Crippen LogP contribution in [0.5, 0.6) is 0 Å². The van der Waals surface area contributed by atoms with E-state index in [2.05, 4.69) is 5.32 Å². The summed E-state index contributed by atoms with van der Waals surface area (Å²) in [4.78, 5) is 28.4. The van der Waals surface area contributed by atoms with Gasteiger partial charge in [-0.2, -0.15) is 0 Å². The Morgan fingerprint density at radius 1 is 1.07 bits per heavy atom. The van der Waals surface area contributed by atoms with Crippen LogP contribution in [0.1, 0.15) is 39.2 Å². The van der Waals surface area contributed by atoms with Crippen molar-refractivity contribution in [1.29, 1.82) is 0 Å². The maximum absolute atomic E-state index is 13.1. The van der Waals surface area contributed by atoms with Crippen LogP contribution in [0, 0.1) is 0 Å². The lowest BCUT2D eigenvalue weighted by atomic mass is 10.1. The van der Waals surface area contributed by atoms with Gasteiger partial charge in [-0.3, -0.25) is 9.59 Å². The fourth-order valence-electron chi connectivity index (χ4n) is 2.81. The number of amides is 2.